The highest BCUT2D eigenvalue weighted by atomic mass is 79.9. The van der Waals surface area contributed by atoms with Gasteiger partial charge in [0.2, 0.25) is 0 Å². The number of nitrogens with one attached hydrogen (secondary N) is 1. The zero-order valence-corrected chi connectivity index (χ0v) is 13.5. The maximum Gasteiger partial charge on any atom is 0.326 e. The molecule has 1 aromatic carbocycles. The number of benzene rings is 1. The summed E-state index contributed by atoms with van der Waals surface area (Å²) in [6.07, 6.45) is -0.805. The summed E-state index contributed by atoms with van der Waals surface area (Å²) in [4.78, 5) is 24.4. The molecule has 0 aromatic heterocycles. The lowest BCUT2D eigenvalue weighted by Gasteiger charge is -2.22. The molecule has 2 atom stereocenters. The van der Waals surface area contributed by atoms with Gasteiger partial charge in [0, 0.05) is 22.5 Å². The van der Waals surface area contributed by atoms with Crippen molar-refractivity contribution in [2.75, 3.05) is 11.9 Å². The van der Waals surface area contributed by atoms with Gasteiger partial charge in [-0.05, 0) is 40.5 Å². The van der Waals surface area contributed by atoms with Crippen molar-refractivity contribution < 1.29 is 19.8 Å². The molecule has 1 saturated heterocycles. The van der Waals surface area contributed by atoms with Gasteiger partial charge in [-0.3, -0.25) is 0 Å². The summed E-state index contributed by atoms with van der Waals surface area (Å²) in [5.41, 5.74) is 1.29. The first kappa shape index (κ1) is 16.1. The molecule has 8 heteroatoms. The second-order valence-corrected chi connectivity index (χ2v) is 6.17. The standard InChI is InChI=1S/C13H14BrClN2O4/c1-6-2-8(14)10(4-9(6)15)16-13(21)17-5-7(18)3-11(17)12(19)20/h2,4,7,11,18H,3,5H2,1H3,(H,16,21)(H,19,20)/t7-,11+/m1/s1. The third kappa shape index (κ3) is 3.48. The van der Waals surface area contributed by atoms with E-state index in [0.717, 1.165) is 10.5 Å². The Morgan fingerprint density at radius 2 is 2.14 bits per heavy atom. The molecule has 6 nitrogen and oxygen atoms in total. The van der Waals surface area contributed by atoms with Crippen molar-refractivity contribution in [3.05, 3.63) is 27.2 Å². The zero-order chi connectivity index (χ0) is 15.7. The number of carboxylic acids is 1. The van der Waals surface area contributed by atoms with E-state index in [1.807, 2.05) is 6.92 Å². The SMILES string of the molecule is Cc1cc(Br)c(NC(=O)N2C[C@H](O)C[C@H]2C(=O)O)cc1Cl. The van der Waals surface area contributed by atoms with E-state index in [-0.39, 0.29) is 13.0 Å². The minimum absolute atomic E-state index is 0.0139. The van der Waals surface area contributed by atoms with Gasteiger partial charge in [-0.25, -0.2) is 9.59 Å². The first-order chi connectivity index (χ1) is 9.79. The highest BCUT2D eigenvalue weighted by molar-refractivity contribution is 9.10. The summed E-state index contributed by atoms with van der Waals surface area (Å²) < 4.78 is 0.643. The number of hydrogen-bond donors (Lipinski definition) is 3. The lowest BCUT2D eigenvalue weighted by atomic mass is 10.2. The Morgan fingerprint density at radius 1 is 1.48 bits per heavy atom. The molecule has 0 spiro atoms. The van der Waals surface area contributed by atoms with Crippen molar-refractivity contribution in [1.82, 2.24) is 4.90 Å². The molecule has 1 aliphatic rings. The van der Waals surface area contributed by atoms with Crippen molar-refractivity contribution in [3.63, 3.8) is 0 Å². The number of urea groups is 1. The number of rotatable bonds is 2. The number of carbonyl (C=O) groups is 2. The van der Waals surface area contributed by atoms with Crippen molar-refractivity contribution in [1.29, 1.82) is 0 Å². The lowest BCUT2D eigenvalue weighted by molar-refractivity contribution is -0.141. The van der Waals surface area contributed by atoms with Crippen LogP contribution in [0.1, 0.15) is 12.0 Å². The van der Waals surface area contributed by atoms with Crippen LogP contribution < -0.4 is 5.32 Å². The van der Waals surface area contributed by atoms with Crippen LogP contribution >= 0.6 is 27.5 Å². The number of nitrogens with zero attached hydrogens (tertiary/aromatic N) is 1. The van der Waals surface area contributed by atoms with Crippen LogP contribution in [0.25, 0.3) is 0 Å². The van der Waals surface area contributed by atoms with Crippen molar-refractivity contribution in [3.8, 4) is 0 Å². The van der Waals surface area contributed by atoms with Gasteiger partial charge < -0.3 is 20.4 Å². The van der Waals surface area contributed by atoms with E-state index in [1.165, 1.54) is 0 Å². The molecule has 0 unspecified atom stereocenters. The summed E-state index contributed by atoms with van der Waals surface area (Å²) >= 11 is 9.33. The average Bonchev–Trinajstić information content (AvgIpc) is 2.78. The van der Waals surface area contributed by atoms with Crippen LogP contribution in [-0.2, 0) is 4.79 Å². The number of aliphatic carboxylic acids is 1. The quantitative estimate of drug-likeness (QED) is 0.738. The molecular formula is C13H14BrClN2O4. The molecule has 2 amide bonds. The number of amides is 2. The minimum atomic E-state index is -1.14. The fraction of sp³-hybridized carbons (Fsp3) is 0.385. The minimum Gasteiger partial charge on any atom is -0.480 e. The summed E-state index contributed by atoms with van der Waals surface area (Å²) in [6.45, 7) is 1.82. The number of carboxylic acid groups (broad SMARTS) is 1. The summed E-state index contributed by atoms with van der Waals surface area (Å²) in [6, 6.07) is 1.73. The Morgan fingerprint density at radius 3 is 2.76 bits per heavy atom. The van der Waals surface area contributed by atoms with Gasteiger partial charge in [-0.1, -0.05) is 11.6 Å². The average molecular weight is 378 g/mol. The largest absolute Gasteiger partial charge is 0.480 e. The first-order valence-corrected chi connectivity index (χ1v) is 7.41. The second kappa shape index (κ2) is 6.21. The van der Waals surface area contributed by atoms with E-state index in [1.54, 1.807) is 12.1 Å². The van der Waals surface area contributed by atoms with Crippen LogP contribution in [0.15, 0.2) is 16.6 Å². The molecule has 1 fully saturated rings. The monoisotopic (exact) mass is 376 g/mol. The topological polar surface area (TPSA) is 89.9 Å². The molecule has 2 rings (SSSR count). The van der Waals surface area contributed by atoms with Gasteiger partial charge in [-0.2, -0.15) is 0 Å². The Labute approximate surface area is 134 Å². The van der Waals surface area contributed by atoms with E-state index in [4.69, 9.17) is 16.7 Å². The van der Waals surface area contributed by atoms with E-state index >= 15 is 0 Å². The maximum atomic E-state index is 12.2. The Hall–Kier alpha value is -1.31. The fourth-order valence-corrected chi connectivity index (χ4v) is 2.92. The maximum absolute atomic E-state index is 12.2. The van der Waals surface area contributed by atoms with Gasteiger partial charge in [-0.15, -0.1) is 0 Å². The number of hydrogen-bond acceptors (Lipinski definition) is 3. The number of aliphatic hydroxyl groups is 1. The molecule has 1 heterocycles. The van der Waals surface area contributed by atoms with Gasteiger partial charge in [0.05, 0.1) is 11.8 Å². The van der Waals surface area contributed by atoms with Crippen LogP contribution in [0.5, 0.6) is 0 Å². The number of aryl methyl sites for hydroxylation is 1. The molecule has 3 N–H and O–H groups in total. The molecule has 1 aliphatic heterocycles. The number of halogens is 2. The van der Waals surface area contributed by atoms with E-state index < -0.39 is 24.1 Å². The Bertz CT molecular complexity index is 596. The van der Waals surface area contributed by atoms with Crippen LogP contribution in [0.3, 0.4) is 0 Å². The van der Waals surface area contributed by atoms with Crippen LogP contribution in [0, 0.1) is 6.92 Å². The molecule has 1 aromatic rings. The highest BCUT2D eigenvalue weighted by Gasteiger charge is 2.39. The van der Waals surface area contributed by atoms with Crippen LogP contribution in [-0.4, -0.2) is 45.8 Å². The van der Waals surface area contributed by atoms with E-state index in [2.05, 4.69) is 21.2 Å². The summed E-state index contributed by atoms with van der Waals surface area (Å²) in [5, 5.41) is 21.7. The second-order valence-electron chi connectivity index (χ2n) is 4.91. The van der Waals surface area contributed by atoms with Gasteiger partial charge >= 0.3 is 12.0 Å². The summed E-state index contributed by atoms with van der Waals surface area (Å²) in [7, 11) is 0. The third-order valence-electron chi connectivity index (χ3n) is 3.31. The number of carbonyl (C=O) groups excluding carboxylic acids is 1. The molecule has 21 heavy (non-hydrogen) atoms. The molecule has 0 radical (unpaired) electrons. The normalized spacial score (nSPS) is 21.4. The smallest absolute Gasteiger partial charge is 0.326 e. The lowest BCUT2D eigenvalue weighted by Crippen LogP contribution is -2.43. The molecule has 0 bridgehead atoms. The number of anilines is 1. The number of likely N-dealkylation sites (tertiary alicyclic amines) is 1. The van der Waals surface area contributed by atoms with Gasteiger partial charge in [0.1, 0.15) is 6.04 Å². The highest BCUT2D eigenvalue weighted by Crippen LogP contribution is 2.30. The molecular weight excluding hydrogens is 364 g/mol. The zero-order valence-electron chi connectivity index (χ0n) is 11.1. The van der Waals surface area contributed by atoms with Crippen molar-refractivity contribution in [2.24, 2.45) is 0 Å². The van der Waals surface area contributed by atoms with Crippen molar-refractivity contribution in [2.45, 2.75) is 25.5 Å². The van der Waals surface area contributed by atoms with E-state index in [9.17, 15) is 14.7 Å². The van der Waals surface area contributed by atoms with Crippen LogP contribution in [0.4, 0.5) is 10.5 Å². The molecule has 0 aliphatic carbocycles. The van der Waals surface area contributed by atoms with E-state index in [0.29, 0.717) is 15.2 Å². The third-order valence-corrected chi connectivity index (χ3v) is 4.38. The number of β-amino-alcohol motifs (C(OH)–C–C–N with tert-alkyl or cyclic N) is 1. The number of aliphatic hydroxyl groups excluding tert-OH is 1. The predicted molar refractivity (Wildman–Crippen MR) is 81.7 cm³/mol. The molecule has 0 saturated carbocycles. The van der Waals surface area contributed by atoms with Crippen molar-refractivity contribution >= 4 is 45.2 Å². The summed E-state index contributed by atoms with van der Waals surface area (Å²) in [5.74, 6) is -1.14. The molecule has 114 valence electrons. The fourth-order valence-electron chi connectivity index (χ4n) is 2.20. The predicted octanol–water partition coefficient (Wildman–Crippen LogP) is 2.46. The first-order valence-electron chi connectivity index (χ1n) is 6.23. The Balaban J connectivity index is 2.18. The van der Waals surface area contributed by atoms with Crippen LogP contribution in [0.2, 0.25) is 5.02 Å². The van der Waals surface area contributed by atoms with Gasteiger partial charge in [0.15, 0.2) is 0 Å². The van der Waals surface area contributed by atoms with Gasteiger partial charge in [0.25, 0.3) is 0 Å². The Kier molecular flexibility index (Phi) is 4.75.